The topological polar surface area (TPSA) is 202 Å². The molecule has 0 aliphatic heterocycles. The van der Waals surface area contributed by atoms with E-state index in [0.717, 1.165) is 0 Å². The van der Waals surface area contributed by atoms with Crippen LogP contribution in [0.2, 0.25) is 0 Å². The zero-order valence-electron chi connectivity index (χ0n) is 39.2. The summed E-state index contributed by atoms with van der Waals surface area (Å²) in [6.45, 7) is 8.99. The third kappa shape index (κ3) is 6.59. The second-order valence-electron chi connectivity index (χ2n) is 22.4. The van der Waals surface area contributed by atoms with E-state index in [1.165, 1.54) is 24.3 Å². The average Bonchev–Trinajstić information content (AvgIpc) is 3.59. The highest BCUT2D eigenvalue weighted by atomic mass is 19.1. The zero-order valence-corrected chi connectivity index (χ0v) is 39.2. The fourth-order valence-corrected chi connectivity index (χ4v) is 15.8. The molecule has 0 aromatic rings. The lowest BCUT2D eigenvalue weighted by Crippen LogP contribution is -2.69. The van der Waals surface area contributed by atoms with Gasteiger partial charge < -0.3 is 29.9 Å². The molecule has 0 heterocycles. The highest BCUT2D eigenvalue weighted by Crippen LogP contribution is 2.72. The molecule has 8 aliphatic carbocycles. The Kier molecular flexibility index (Phi) is 12.2. The first-order valence-corrected chi connectivity index (χ1v) is 24.3. The molecular formula is C52H68F2O12. The van der Waals surface area contributed by atoms with Crippen molar-refractivity contribution >= 4 is 35.1 Å². The van der Waals surface area contributed by atoms with Gasteiger partial charge in [-0.05, 0) is 126 Å². The lowest BCUT2D eigenvalue weighted by molar-refractivity contribution is -0.220. The smallest absolute Gasteiger partial charge is 0.306 e. The Morgan fingerprint density at radius 1 is 0.621 bits per heavy atom. The van der Waals surface area contributed by atoms with Gasteiger partial charge in [0.05, 0.1) is 12.2 Å². The van der Waals surface area contributed by atoms with Crippen LogP contribution in [0.5, 0.6) is 0 Å². The molecular weight excluding hydrogens is 855 g/mol. The minimum absolute atomic E-state index is 0.0151. The van der Waals surface area contributed by atoms with Crippen molar-refractivity contribution in [3.05, 3.63) is 47.6 Å². The Bertz CT molecular complexity index is 2060. The number of halogens is 2. The SMILES string of the molecule is C[C@@H]1C[C@H]2[C@@H]3CCC4=CC(=O)C=C[C@]4(C)[C@@]3(F)[C@@H](O)C[C@]2(C)[C@@]1(O)C(=O)COC(=O)CCCCCCC(=O)OCC(=O)[C@@]1(O)[C@H](C)C[C@H]2[C@@H]3CCC4=CC(=O)C=C[C@]4(C)[C@@]3(F)[C@@H](O)C[C@@]21C. The molecule has 0 unspecified atom stereocenters. The predicted molar refractivity (Wildman–Crippen MR) is 235 cm³/mol. The molecule has 0 bridgehead atoms. The molecule has 8 rings (SSSR count). The molecule has 4 N–H and O–H groups in total. The van der Waals surface area contributed by atoms with Gasteiger partial charge in [0.1, 0.15) is 11.2 Å². The fourth-order valence-electron chi connectivity index (χ4n) is 15.8. The minimum Gasteiger partial charge on any atom is -0.458 e. The molecule has 0 spiro atoms. The monoisotopic (exact) mass is 922 g/mol. The predicted octanol–water partition coefficient (Wildman–Crippen LogP) is 6.25. The number of hydrogen-bond donors (Lipinski definition) is 4. The van der Waals surface area contributed by atoms with Crippen LogP contribution in [0, 0.1) is 57.2 Å². The van der Waals surface area contributed by atoms with E-state index in [4.69, 9.17) is 9.47 Å². The number of unbranched alkanes of at least 4 members (excludes halogenated alkanes) is 3. The molecule has 0 saturated heterocycles. The summed E-state index contributed by atoms with van der Waals surface area (Å²) in [7, 11) is 0. The molecule has 0 aromatic carbocycles. The van der Waals surface area contributed by atoms with Crippen LogP contribution in [0.4, 0.5) is 8.78 Å². The molecule has 0 aromatic heterocycles. The molecule has 12 nitrogen and oxygen atoms in total. The lowest BCUT2D eigenvalue weighted by Gasteiger charge is -2.62. The van der Waals surface area contributed by atoms with Crippen LogP contribution in [-0.4, -0.2) is 103 Å². The number of allylic oxidation sites excluding steroid dienone is 8. The number of hydrogen-bond acceptors (Lipinski definition) is 12. The normalized spacial score (nSPS) is 46.4. The number of carbonyl (C=O) groups excluding carboxylic acids is 6. The Balaban J connectivity index is 0.777. The first-order valence-electron chi connectivity index (χ1n) is 24.3. The second-order valence-corrected chi connectivity index (χ2v) is 22.4. The van der Waals surface area contributed by atoms with Crippen LogP contribution in [0.1, 0.15) is 131 Å². The van der Waals surface area contributed by atoms with E-state index in [2.05, 4.69) is 0 Å². The lowest BCUT2D eigenvalue weighted by atomic mass is 9.44. The summed E-state index contributed by atoms with van der Waals surface area (Å²) >= 11 is 0. The van der Waals surface area contributed by atoms with Crippen molar-refractivity contribution in [3.63, 3.8) is 0 Å². The molecule has 0 amide bonds. The number of aliphatic hydroxyl groups excluding tert-OH is 2. The maximum absolute atomic E-state index is 17.5. The molecule has 16 atom stereocenters. The van der Waals surface area contributed by atoms with E-state index in [1.807, 2.05) is 0 Å². The second kappa shape index (κ2) is 16.5. The number of fused-ring (bicyclic) bond motifs is 10. The summed E-state index contributed by atoms with van der Waals surface area (Å²) in [6.07, 6.45) is 9.45. The number of ketones is 4. The standard InChI is InChI=1S/C52H68F2O12/c1-29-21-37-35-15-13-31-23-33(55)17-19-45(31,3)49(35,53)39(57)25-47(37,5)51(29,63)41(59)27-65-43(61)11-9-7-8-10-12-44(62)66-28-42(60)52(64)30(2)22-38-36-16-14-32-24-34(56)18-20-46(32,4)50(36,54)40(58)26-48(38,52)6/h17-20,23-24,29-30,35-40,57-58,63-64H,7-16,21-22,25-28H2,1-6H3/t29-,30-,35+,36+,37+,38+,39+,40+,45+,46+,47+,48+,49+,50+,51+,52+/m1/s1. The Morgan fingerprint density at radius 2 is 0.985 bits per heavy atom. The summed E-state index contributed by atoms with van der Waals surface area (Å²) in [5.74, 6) is -6.55. The van der Waals surface area contributed by atoms with Crippen LogP contribution in [0.3, 0.4) is 0 Å². The van der Waals surface area contributed by atoms with Crippen molar-refractivity contribution in [1.29, 1.82) is 0 Å². The van der Waals surface area contributed by atoms with Gasteiger partial charge in [0.25, 0.3) is 0 Å². The Hall–Kier alpha value is -3.72. The Labute approximate surface area is 385 Å². The quantitative estimate of drug-likeness (QED) is 0.120. The largest absolute Gasteiger partial charge is 0.458 e. The molecule has 8 aliphatic rings. The number of rotatable bonds is 13. The van der Waals surface area contributed by atoms with Crippen molar-refractivity contribution < 1.29 is 67.4 Å². The van der Waals surface area contributed by atoms with Crippen molar-refractivity contribution in [2.75, 3.05) is 13.2 Å². The summed E-state index contributed by atoms with van der Waals surface area (Å²) < 4.78 is 45.7. The van der Waals surface area contributed by atoms with E-state index in [-0.39, 0.29) is 37.2 Å². The van der Waals surface area contributed by atoms with Crippen LogP contribution in [-0.2, 0) is 38.2 Å². The van der Waals surface area contributed by atoms with E-state index in [9.17, 15) is 49.2 Å². The summed E-state index contributed by atoms with van der Waals surface area (Å²) in [6, 6.07) is 0. The summed E-state index contributed by atoms with van der Waals surface area (Å²) in [5.41, 5.74) is -11.7. The maximum atomic E-state index is 17.5. The van der Waals surface area contributed by atoms with Gasteiger partial charge in [-0.25, -0.2) is 8.78 Å². The van der Waals surface area contributed by atoms with Gasteiger partial charge in [0.2, 0.25) is 11.6 Å². The zero-order chi connectivity index (χ0) is 48.2. The number of Topliss-reactive ketones (excluding diaryl/α,β-unsaturated/α-hetero) is 2. The van der Waals surface area contributed by atoms with Gasteiger partial charge in [-0.1, -0.05) is 63.8 Å². The molecule has 6 fully saturated rings. The van der Waals surface area contributed by atoms with E-state index < -0.39 is 129 Å². The van der Waals surface area contributed by atoms with Crippen LogP contribution < -0.4 is 0 Å². The molecule has 66 heavy (non-hydrogen) atoms. The number of carbonyl (C=O) groups is 6. The number of ether oxygens (including phenoxy) is 2. The summed E-state index contributed by atoms with van der Waals surface area (Å²) in [4.78, 5) is 77.5. The van der Waals surface area contributed by atoms with Crippen LogP contribution >= 0.6 is 0 Å². The van der Waals surface area contributed by atoms with Gasteiger partial charge in [-0.3, -0.25) is 28.8 Å². The van der Waals surface area contributed by atoms with Crippen LogP contribution in [0.25, 0.3) is 0 Å². The van der Waals surface area contributed by atoms with Gasteiger partial charge in [-0.15, -0.1) is 0 Å². The molecule has 6 saturated carbocycles. The van der Waals surface area contributed by atoms with Gasteiger partial charge in [0.15, 0.2) is 36.1 Å². The molecule has 0 radical (unpaired) electrons. The fraction of sp³-hybridized carbons (Fsp3) is 0.731. The molecule has 14 heteroatoms. The number of aliphatic hydroxyl groups is 4. The first-order chi connectivity index (χ1) is 30.8. The van der Waals surface area contributed by atoms with Gasteiger partial charge >= 0.3 is 11.9 Å². The van der Waals surface area contributed by atoms with Crippen molar-refractivity contribution in [2.45, 2.75) is 166 Å². The van der Waals surface area contributed by atoms with Gasteiger partial charge in [-0.2, -0.15) is 0 Å². The van der Waals surface area contributed by atoms with Gasteiger partial charge in [0, 0.05) is 46.3 Å². The molecule has 362 valence electrons. The van der Waals surface area contributed by atoms with Crippen molar-refractivity contribution in [1.82, 2.24) is 0 Å². The minimum atomic E-state index is -2.11. The van der Waals surface area contributed by atoms with Crippen molar-refractivity contribution in [3.8, 4) is 0 Å². The Morgan fingerprint density at radius 3 is 1.35 bits per heavy atom. The summed E-state index contributed by atoms with van der Waals surface area (Å²) in [5, 5.41) is 47.6. The van der Waals surface area contributed by atoms with E-state index >= 15 is 8.78 Å². The third-order valence-corrected chi connectivity index (χ3v) is 19.5. The highest BCUT2D eigenvalue weighted by Gasteiger charge is 2.77. The first kappa shape index (κ1) is 48.7. The third-order valence-electron chi connectivity index (χ3n) is 19.5. The average molecular weight is 923 g/mol. The number of alkyl halides is 2. The maximum Gasteiger partial charge on any atom is 0.306 e. The number of esters is 2. The highest BCUT2D eigenvalue weighted by molar-refractivity contribution is 6.02. The van der Waals surface area contributed by atoms with E-state index in [0.29, 0.717) is 75.4 Å². The van der Waals surface area contributed by atoms with Crippen LogP contribution in [0.15, 0.2) is 47.6 Å². The van der Waals surface area contributed by atoms with Crippen molar-refractivity contribution in [2.24, 2.45) is 57.2 Å². The van der Waals surface area contributed by atoms with E-state index in [1.54, 1.807) is 53.7 Å².